The van der Waals surface area contributed by atoms with Crippen LogP contribution in [0.5, 0.6) is 0 Å². The van der Waals surface area contributed by atoms with E-state index in [0.717, 1.165) is 12.8 Å². The fraction of sp³-hybridized carbons (Fsp3) is 0.300. The molecule has 2 N–H and O–H groups in total. The van der Waals surface area contributed by atoms with E-state index >= 15 is 0 Å². The van der Waals surface area contributed by atoms with Crippen molar-refractivity contribution in [1.29, 1.82) is 5.26 Å². The highest BCUT2D eigenvalue weighted by Gasteiger charge is 2.27. The molecule has 1 aliphatic carbocycles. The summed E-state index contributed by atoms with van der Waals surface area (Å²) in [4.78, 5) is 0. The van der Waals surface area contributed by atoms with Crippen molar-refractivity contribution < 1.29 is 8.42 Å². The molecule has 0 aromatic heterocycles. The number of hydrogen-bond acceptors (Lipinski definition) is 3. The molecule has 0 radical (unpaired) electrons. The molecule has 1 aliphatic rings. The summed E-state index contributed by atoms with van der Waals surface area (Å²) >= 11 is 5.76. The van der Waals surface area contributed by atoms with E-state index in [4.69, 9.17) is 16.9 Å². The van der Waals surface area contributed by atoms with Crippen LogP contribution in [0.15, 0.2) is 18.2 Å². The minimum Gasteiger partial charge on any atom is -0.270 e. The molecule has 5 nitrogen and oxygen atoms in total. The first-order chi connectivity index (χ1) is 8.00. The summed E-state index contributed by atoms with van der Waals surface area (Å²) in [6.07, 6.45) is 1.70. The Kier molecular flexibility index (Phi) is 3.24. The molecule has 1 saturated carbocycles. The van der Waals surface area contributed by atoms with Crippen LogP contribution in [0.1, 0.15) is 18.4 Å². The van der Waals surface area contributed by atoms with E-state index in [2.05, 4.69) is 9.44 Å². The molecule has 0 atom stereocenters. The van der Waals surface area contributed by atoms with Gasteiger partial charge in [-0.15, -0.1) is 0 Å². The van der Waals surface area contributed by atoms with Gasteiger partial charge >= 0.3 is 0 Å². The lowest BCUT2D eigenvalue weighted by molar-refractivity contribution is 0.586. The van der Waals surface area contributed by atoms with Crippen LogP contribution in [0, 0.1) is 11.3 Å². The number of nitrogens with zero attached hydrogens (tertiary/aromatic N) is 1. The number of benzene rings is 1. The predicted octanol–water partition coefficient (Wildman–Crippen LogP) is 1.62. The van der Waals surface area contributed by atoms with Crippen molar-refractivity contribution >= 4 is 27.5 Å². The monoisotopic (exact) mass is 271 g/mol. The SMILES string of the molecule is N#Cc1ccc(Cl)cc1NS(=O)(=O)NC1CC1. The summed E-state index contributed by atoms with van der Waals surface area (Å²) in [6, 6.07) is 6.32. The maximum atomic E-state index is 11.7. The molecular weight excluding hydrogens is 262 g/mol. The lowest BCUT2D eigenvalue weighted by atomic mass is 10.2. The van der Waals surface area contributed by atoms with Gasteiger partial charge < -0.3 is 0 Å². The van der Waals surface area contributed by atoms with E-state index < -0.39 is 10.2 Å². The molecule has 0 unspecified atom stereocenters. The second-order valence-electron chi connectivity index (χ2n) is 3.80. The highest BCUT2D eigenvalue weighted by Crippen LogP contribution is 2.23. The summed E-state index contributed by atoms with van der Waals surface area (Å²) in [5, 5.41) is 9.22. The maximum absolute atomic E-state index is 11.7. The molecule has 0 bridgehead atoms. The first-order valence-corrected chi connectivity index (χ1v) is 6.86. The van der Waals surface area contributed by atoms with Crippen LogP contribution in [-0.2, 0) is 10.2 Å². The summed E-state index contributed by atoms with van der Waals surface area (Å²) in [6.45, 7) is 0. The van der Waals surface area contributed by atoms with Gasteiger partial charge in [-0.3, -0.25) is 4.72 Å². The summed E-state index contributed by atoms with van der Waals surface area (Å²) < 4.78 is 28.1. The zero-order chi connectivity index (χ0) is 12.5. The molecule has 1 aromatic rings. The Morgan fingerprint density at radius 3 is 2.71 bits per heavy atom. The first kappa shape index (κ1) is 12.2. The first-order valence-electron chi connectivity index (χ1n) is 5.00. The fourth-order valence-corrected chi connectivity index (χ4v) is 2.66. The molecule has 17 heavy (non-hydrogen) atoms. The Balaban J connectivity index is 2.22. The number of nitrogens with one attached hydrogen (secondary N) is 2. The zero-order valence-corrected chi connectivity index (χ0v) is 10.3. The van der Waals surface area contributed by atoms with Crippen LogP contribution in [-0.4, -0.2) is 14.5 Å². The Morgan fingerprint density at radius 1 is 1.41 bits per heavy atom. The van der Waals surface area contributed by atoms with Crippen LogP contribution in [0.3, 0.4) is 0 Å². The Morgan fingerprint density at radius 2 is 2.12 bits per heavy atom. The average molecular weight is 272 g/mol. The maximum Gasteiger partial charge on any atom is 0.299 e. The minimum absolute atomic E-state index is 0.0113. The van der Waals surface area contributed by atoms with Crippen LogP contribution < -0.4 is 9.44 Å². The lowest BCUT2D eigenvalue weighted by Gasteiger charge is -2.10. The largest absolute Gasteiger partial charge is 0.299 e. The van der Waals surface area contributed by atoms with Gasteiger partial charge in [0, 0.05) is 11.1 Å². The van der Waals surface area contributed by atoms with Gasteiger partial charge in [0.15, 0.2) is 0 Å². The van der Waals surface area contributed by atoms with Crippen LogP contribution >= 0.6 is 11.6 Å². The molecule has 1 fully saturated rings. The third-order valence-electron chi connectivity index (χ3n) is 2.25. The van der Waals surface area contributed by atoms with Crippen molar-refractivity contribution in [2.75, 3.05) is 4.72 Å². The van der Waals surface area contributed by atoms with Gasteiger partial charge in [0.05, 0.1) is 11.3 Å². The van der Waals surface area contributed by atoms with E-state index in [1.807, 2.05) is 6.07 Å². The van der Waals surface area contributed by atoms with Gasteiger partial charge in [-0.25, -0.2) is 0 Å². The van der Waals surface area contributed by atoms with Crippen LogP contribution in [0.25, 0.3) is 0 Å². The molecular formula is C10H10ClN3O2S. The van der Waals surface area contributed by atoms with Gasteiger partial charge in [0.2, 0.25) is 0 Å². The number of nitriles is 1. The molecule has 0 spiro atoms. The molecule has 7 heteroatoms. The predicted molar refractivity (Wildman–Crippen MR) is 64.9 cm³/mol. The summed E-state index contributed by atoms with van der Waals surface area (Å²) in [5.74, 6) is 0. The normalized spacial score (nSPS) is 15.3. The molecule has 2 rings (SSSR count). The average Bonchev–Trinajstić information content (AvgIpc) is 3.00. The third-order valence-corrected chi connectivity index (χ3v) is 3.61. The van der Waals surface area contributed by atoms with Crippen molar-refractivity contribution in [3.63, 3.8) is 0 Å². The summed E-state index contributed by atoms with van der Waals surface area (Å²) in [7, 11) is -3.63. The quantitative estimate of drug-likeness (QED) is 0.873. The van der Waals surface area contributed by atoms with E-state index in [1.54, 1.807) is 0 Å². The second-order valence-corrected chi connectivity index (χ2v) is 5.68. The number of anilines is 1. The van der Waals surface area contributed by atoms with Crippen LogP contribution in [0.4, 0.5) is 5.69 Å². The second kappa shape index (κ2) is 4.53. The lowest BCUT2D eigenvalue weighted by Crippen LogP contribution is -2.32. The van der Waals surface area contributed by atoms with Gasteiger partial charge in [-0.1, -0.05) is 11.6 Å². The molecule has 0 aliphatic heterocycles. The van der Waals surface area contributed by atoms with Gasteiger partial charge in [0.1, 0.15) is 6.07 Å². The van der Waals surface area contributed by atoms with Gasteiger partial charge in [-0.05, 0) is 31.0 Å². The molecule has 1 aromatic carbocycles. The van der Waals surface area contributed by atoms with Gasteiger partial charge in [0.25, 0.3) is 10.2 Å². The Labute approximate surface area is 105 Å². The molecule has 0 heterocycles. The minimum atomic E-state index is -3.63. The van der Waals surface area contributed by atoms with E-state index in [-0.39, 0.29) is 17.3 Å². The number of rotatable bonds is 4. The number of halogens is 1. The molecule has 0 saturated heterocycles. The smallest absolute Gasteiger partial charge is 0.270 e. The Hall–Kier alpha value is -1.29. The van der Waals surface area contributed by atoms with Crippen molar-refractivity contribution in [3.05, 3.63) is 28.8 Å². The highest BCUT2D eigenvalue weighted by molar-refractivity contribution is 7.90. The zero-order valence-electron chi connectivity index (χ0n) is 8.77. The van der Waals surface area contributed by atoms with E-state index in [9.17, 15) is 8.42 Å². The van der Waals surface area contributed by atoms with Crippen LogP contribution in [0.2, 0.25) is 5.02 Å². The third kappa shape index (κ3) is 3.33. The van der Waals surface area contributed by atoms with E-state index in [0.29, 0.717) is 5.02 Å². The van der Waals surface area contributed by atoms with Gasteiger partial charge in [-0.2, -0.15) is 18.4 Å². The standard InChI is InChI=1S/C10H10ClN3O2S/c11-8-2-1-7(6-12)10(5-8)14-17(15,16)13-9-3-4-9/h1-2,5,9,13-14H,3-4H2. The molecule has 90 valence electrons. The van der Waals surface area contributed by atoms with Crippen molar-refractivity contribution in [2.24, 2.45) is 0 Å². The topological polar surface area (TPSA) is 82.0 Å². The number of hydrogen-bond donors (Lipinski definition) is 2. The van der Waals surface area contributed by atoms with Crippen molar-refractivity contribution in [1.82, 2.24) is 4.72 Å². The summed E-state index contributed by atoms with van der Waals surface area (Å²) in [5.41, 5.74) is 0.420. The van der Waals surface area contributed by atoms with Crippen molar-refractivity contribution in [3.8, 4) is 6.07 Å². The van der Waals surface area contributed by atoms with Crippen molar-refractivity contribution in [2.45, 2.75) is 18.9 Å². The highest BCUT2D eigenvalue weighted by atomic mass is 35.5. The Bertz CT molecular complexity index is 576. The van der Waals surface area contributed by atoms with E-state index in [1.165, 1.54) is 18.2 Å². The molecule has 0 amide bonds. The fourth-order valence-electron chi connectivity index (χ4n) is 1.29.